The standard InChI is InChI=1S/C17H19ClO3/c1-10-5-6-13(11(2)7-10)16(19)12-8-14(18)17(21-4)15(9-12)20-3/h5-9,16,19H,1-4H3. The van der Waals surface area contributed by atoms with E-state index in [9.17, 15) is 5.11 Å². The Kier molecular flexibility index (Phi) is 4.76. The molecular weight excluding hydrogens is 288 g/mol. The molecule has 2 rings (SSSR count). The first kappa shape index (κ1) is 15.7. The van der Waals surface area contributed by atoms with Crippen molar-refractivity contribution in [3.05, 3.63) is 57.6 Å². The van der Waals surface area contributed by atoms with Gasteiger partial charge in [-0.2, -0.15) is 0 Å². The van der Waals surface area contributed by atoms with Crippen LogP contribution in [0.5, 0.6) is 11.5 Å². The molecule has 1 atom stereocenters. The molecule has 0 aliphatic rings. The molecule has 0 saturated carbocycles. The number of halogens is 1. The van der Waals surface area contributed by atoms with Crippen LogP contribution in [0.3, 0.4) is 0 Å². The van der Waals surface area contributed by atoms with E-state index in [1.54, 1.807) is 19.2 Å². The number of aliphatic hydroxyl groups excluding tert-OH is 1. The highest BCUT2D eigenvalue weighted by molar-refractivity contribution is 6.32. The van der Waals surface area contributed by atoms with Gasteiger partial charge < -0.3 is 14.6 Å². The summed E-state index contributed by atoms with van der Waals surface area (Å²) in [6.07, 6.45) is -0.761. The van der Waals surface area contributed by atoms with Gasteiger partial charge in [0, 0.05) is 0 Å². The summed E-state index contributed by atoms with van der Waals surface area (Å²) in [6.45, 7) is 4.00. The molecule has 0 heterocycles. The quantitative estimate of drug-likeness (QED) is 0.926. The summed E-state index contributed by atoms with van der Waals surface area (Å²) in [4.78, 5) is 0. The predicted molar refractivity (Wildman–Crippen MR) is 84.5 cm³/mol. The number of methoxy groups -OCH3 is 2. The van der Waals surface area contributed by atoms with Crippen molar-refractivity contribution in [1.82, 2.24) is 0 Å². The highest BCUT2D eigenvalue weighted by Crippen LogP contribution is 2.39. The molecule has 0 saturated heterocycles. The van der Waals surface area contributed by atoms with Crippen molar-refractivity contribution in [2.24, 2.45) is 0 Å². The van der Waals surface area contributed by atoms with Gasteiger partial charge in [0.2, 0.25) is 0 Å². The van der Waals surface area contributed by atoms with Gasteiger partial charge in [-0.25, -0.2) is 0 Å². The van der Waals surface area contributed by atoms with E-state index in [-0.39, 0.29) is 0 Å². The molecule has 0 amide bonds. The van der Waals surface area contributed by atoms with E-state index in [2.05, 4.69) is 0 Å². The maximum absolute atomic E-state index is 10.6. The molecule has 1 unspecified atom stereocenters. The molecule has 2 aromatic carbocycles. The first-order chi connectivity index (χ1) is 9.97. The molecule has 0 bridgehead atoms. The van der Waals surface area contributed by atoms with Crippen molar-refractivity contribution in [1.29, 1.82) is 0 Å². The summed E-state index contributed by atoms with van der Waals surface area (Å²) in [6, 6.07) is 9.40. The van der Waals surface area contributed by atoms with Gasteiger partial charge >= 0.3 is 0 Å². The topological polar surface area (TPSA) is 38.7 Å². The summed E-state index contributed by atoms with van der Waals surface area (Å²) in [5.74, 6) is 0.972. The first-order valence-electron chi connectivity index (χ1n) is 6.64. The Bertz CT molecular complexity index is 653. The van der Waals surface area contributed by atoms with Crippen LogP contribution >= 0.6 is 11.6 Å². The van der Waals surface area contributed by atoms with E-state index in [1.807, 2.05) is 32.0 Å². The van der Waals surface area contributed by atoms with Gasteiger partial charge in [-0.1, -0.05) is 35.4 Å². The molecule has 0 radical (unpaired) electrons. The lowest BCUT2D eigenvalue weighted by atomic mass is 9.96. The molecule has 21 heavy (non-hydrogen) atoms. The van der Waals surface area contributed by atoms with Crippen LogP contribution in [0.15, 0.2) is 30.3 Å². The molecule has 0 aromatic heterocycles. The Morgan fingerprint density at radius 2 is 1.76 bits per heavy atom. The largest absolute Gasteiger partial charge is 0.493 e. The zero-order chi connectivity index (χ0) is 15.6. The van der Waals surface area contributed by atoms with Crippen molar-refractivity contribution in [2.75, 3.05) is 14.2 Å². The molecule has 0 spiro atoms. The average Bonchev–Trinajstić information content (AvgIpc) is 2.45. The minimum Gasteiger partial charge on any atom is -0.493 e. The number of aliphatic hydroxyl groups is 1. The third-order valence-electron chi connectivity index (χ3n) is 3.49. The van der Waals surface area contributed by atoms with Gasteiger partial charge in [0.1, 0.15) is 6.10 Å². The van der Waals surface area contributed by atoms with Crippen molar-refractivity contribution in [3.8, 4) is 11.5 Å². The molecule has 112 valence electrons. The van der Waals surface area contributed by atoms with Crippen LogP contribution in [0, 0.1) is 13.8 Å². The van der Waals surface area contributed by atoms with Crippen LogP contribution in [0.4, 0.5) is 0 Å². The highest BCUT2D eigenvalue weighted by Gasteiger charge is 2.18. The van der Waals surface area contributed by atoms with E-state index in [1.165, 1.54) is 7.11 Å². The molecule has 0 fully saturated rings. The fourth-order valence-electron chi connectivity index (χ4n) is 2.41. The first-order valence-corrected chi connectivity index (χ1v) is 7.02. The zero-order valence-corrected chi connectivity index (χ0v) is 13.4. The normalized spacial score (nSPS) is 12.1. The SMILES string of the molecule is COc1cc(C(O)c2ccc(C)cc2C)cc(Cl)c1OC. The van der Waals surface area contributed by atoms with Gasteiger partial charge in [0.05, 0.1) is 19.2 Å². The third kappa shape index (κ3) is 3.14. The fraction of sp³-hybridized carbons (Fsp3) is 0.294. The van der Waals surface area contributed by atoms with E-state index < -0.39 is 6.10 Å². The minimum atomic E-state index is -0.761. The predicted octanol–water partition coefficient (Wildman–Crippen LogP) is 4.06. The van der Waals surface area contributed by atoms with Gasteiger partial charge in [0.15, 0.2) is 11.5 Å². The summed E-state index contributed by atoms with van der Waals surface area (Å²) < 4.78 is 10.5. The second kappa shape index (κ2) is 6.37. The maximum atomic E-state index is 10.6. The van der Waals surface area contributed by atoms with E-state index in [0.29, 0.717) is 22.1 Å². The van der Waals surface area contributed by atoms with Crippen LogP contribution < -0.4 is 9.47 Å². The second-order valence-corrected chi connectivity index (χ2v) is 5.41. The molecule has 0 aliphatic heterocycles. The second-order valence-electron chi connectivity index (χ2n) is 5.00. The van der Waals surface area contributed by atoms with Crippen molar-refractivity contribution in [2.45, 2.75) is 20.0 Å². The number of aryl methyl sites for hydroxylation is 2. The summed E-state index contributed by atoms with van der Waals surface area (Å²) in [5, 5.41) is 11.0. The summed E-state index contributed by atoms with van der Waals surface area (Å²) >= 11 is 6.19. The lowest BCUT2D eigenvalue weighted by Crippen LogP contribution is -2.03. The van der Waals surface area contributed by atoms with Crippen molar-refractivity contribution >= 4 is 11.6 Å². The van der Waals surface area contributed by atoms with Crippen molar-refractivity contribution < 1.29 is 14.6 Å². The van der Waals surface area contributed by atoms with Crippen LogP contribution in [0.1, 0.15) is 28.4 Å². The minimum absolute atomic E-state index is 0.413. The Hall–Kier alpha value is -1.71. The molecule has 1 N–H and O–H groups in total. The Labute approximate surface area is 130 Å². The summed E-state index contributed by atoms with van der Waals surface area (Å²) in [7, 11) is 3.07. The van der Waals surface area contributed by atoms with E-state index >= 15 is 0 Å². The Morgan fingerprint density at radius 3 is 2.33 bits per heavy atom. The van der Waals surface area contributed by atoms with Gasteiger partial charge in [0.25, 0.3) is 0 Å². The Morgan fingerprint density at radius 1 is 1.05 bits per heavy atom. The van der Waals surface area contributed by atoms with E-state index in [4.69, 9.17) is 21.1 Å². The molecule has 0 aliphatic carbocycles. The number of ether oxygens (including phenoxy) is 2. The molecule has 3 nitrogen and oxygen atoms in total. The van der Waals surface area contributed by atoms with Gasteiger partial charge in [-0.05, 0) is 42.7 Å². The van der Waals surface area contributed by atoms with Crippen molar-refractivity contribution in [3.63, 3.8) is 0 Å². The number of hydrogen-bond acceptors (Lipinski definition) is 3. The van der Waals surface area contributed by atoms with Crippen LogP contribution in [-0.2, 0) is 0 Å². The maximum Gasteiger partial charge on any atom is 0.179 e. The lowest BCUT2D eigenvalue weighted by Gasteiger charge is -2.17. The number of hydrogen-bond donors (Lipinski definition) is 1. The average molecular weight is 307 g/mol. The number of benzene rings is 2. The molecule has 2 aromatic rings. The summed E-state index contributed by atoms with van der Waals surface area (Å²) in [5.41, 5.74) is 3.72. The molecular formula is C17H19ClO3. The smallest absolute Gasteiger partial charge is 0.179 e. The Balaban J connectivity index is 2.48. The van der Waals surface area contributed by atoms with Crippen LogP contribution in [0.25, 0.3) is 0 Å². The third-order valence-corrected chi connectivity index (χ3v) is 3.77. The van der Waals surface area contributed by atoms with Gasteiger partial charge in [-0.15, -0.1) is 0 Å². The molecule has 4 heteroatoms. The van der Waals surface area contributed by atoms with Crippen LogP contribution in [-0.4, -0.2) is 19.3 Å². The zero-order valence-electron chi connectivity index (χ0n) is 12.6. The van der Waals surface area contributed by atoms with Gasteiger partial charge in [-0.3, -0.25) is 0 Å². The van der Waals surface area contributed by atoms with E-state index in [0.717, 1.165) is 16.7 Å². The number of rotatable bonds is 4. The van der Waals surface area contributed by atoms with Crippen LogP contribution in [0.2, 0.25) is 5.02 Å². The monoisotopic (exact) mass is 306 g/mol. The highest BCUT2D eigenvalue weighted by atomic mass is 35.5. The fourth-order valence-corrected chi connectivity index (χ4v) is 2.70. The lowest BCUT2D eigenvalue weighted by molar-refractivity contribution is 0.218.